The van der Waals surface area contributed by atoms with Gasteiger partial charge in [-0.25, -0.2) is 9.78 Å². The summed E-state index contributed by atoms with van der Waals surface area (Å²) in [4.78, 5) is 16.9. The number of halogens is 1. The van der Waals surface area contributed by atoms with Crippen molar-refractivity contribution in [2.45, 2.75) is 38.2 Å². The first-order chi connectivity index (χ1) is 14.6. The molecule has 5 nitrogen and oxygen atoms in total. The van der Waals surface area contributed by atoms with Crippen molar-refractivity contribution in [3.8, 4) is 0 Å². The summed E-state index contributed by atoms with van der Waals surface area (Å²) in [6, 6.07) is 14.1. The molecule has 1 aliphatic carbocycles. The Balaban J connectivity index is 1.39. The second-order valence-corrected chi connectivity index (χ2v) is 8.91. The Morgan fingerprint density at radius 3 is 2.60 bits per heavy atom. The third-order valence-electron chi connectivity index (χ3n) is 6.09. The number of esters is 1. The van der Waals surface area contributed by atoms with Gasteiger partial charge in [0.05, 0.1) is 30.3 Å². The first kappa shape index (κ1) is 21.1. The van der Waals surface area contributed by atoms with Crippen LogP contribution in [-0.2, 0) is 23.1 Å². The number of carbonyl (C=O) groups is 1. The number of fused-ring (bicyclic) bond motifs is 1. The number of ether oxygens (including phenoxy) is 2. The highest BCUT2D eigenvalue weighted by Crippen LogP contribution is 2.37. The molecule has 30 heavy (non-hydrogen) atoms. The number of nitrogens with zero attached hydrogens (tertiary/aromatic N) is 2. The Hall–Kier alpha value is -2.18. The number of aromatic nitrogens is 2. The van der Waals surface area contributed by atoms with Crippen molar-refractivity contribution in [2.75, 3.05) is 13.7 Å². The molecule has 1 fully saturated rings. The van der Waals surface area contributed by atoms with Crippen LogP contribution in [0.3, 0.4) is 0 Å². The SMILES string of the molecule is COC(=O)c1cc2nc(C3CCC(COCc4ccccc4)CC3)n(C)c2cc1Br. The predicted molar refractivity (Wildman–Crippen MR) is 121 cm³/mol. The maximum absolute atomic E-state index is 12.0. The average molecular weight is 471 g/mol. The molecule has 0 saturated heterocycles. The average Bonchev–Trinajstić information content (AvgIpc) is 3.09. The number of benzene rings is 2. The molecule has 0 aliphatic heterocycles. The molecule has 1 aromatic heterocycles. The van der Waals surface area contributed by atoms with E-state index in [1.54, 1.807) is 0 Å². The zero-order valence-corrected chi connectivity index (χ0v) is 19.0. The van der Waals surface area contributed by atoms with Gasteiger partial charge in [0.1, 0.15) is 5.82 Å². The lowest BCUT2D eigenvalue weighted by Gasteiger charge is -2.28. The number of methoxy groups -OCH3 is 1. The third kappa shape index (κ3) is 4.44. The largest absolute Gasteiger partial charge is 0.465 e. The van der Waals surface area contributed by atoms with Gasteiger partial charge >= 0.3 is 5.97 Å². The van der Waals surface area contributed by atoms with E-state index in [1.807, 2.05) is 30.3 Å². The molecule has 0 spiro atoms. The standard InChI is InChI=1S/C24H27BrN2O3/c1-27-22-13-20(25)19(24(28)29-2)12-21(22)26-23(27)18-10-8-17(9-11-18)15-30-14-16-6-4-3-5-7-16/h3-7,12-13,17-18H,8-11,14-15H2,1-2H3. The van der Waals surface area contributed by atoms with Crippen molar-refractivity contribution < 1.29 is 14.3 Å². The number of rotatable bonds is 6. The highest BCUT2D eigenvalue weighted by Gasteiger charge is 2.26. The number of hydrogen-bond donors (Lipinski definition) is 0. The van der Waals surface area contributed by atoms with Crippen LogP contribution in [0.2, 0.25) is 0 Å². The monoisotopic (exact) mass is 470 g/mol. The van der Waals surface area contributed by atoms with Crippen molar-refractivity contribution in [1.29, 1.82) is 0 Å². The molecule has 3 aromatic rings. The lowest BCUT2D eigenvalue weighted by molar-refractivity contribution is 0.0600. The molecule has 0 radical (unpaired) electrons. The Kier molecular flexibility index (Phi) is 6.54. The smallest absolute Gasteiger partial charge is 0.339 e. The van der Waals surface area contributed by atoms with Crippen molar-refractivity contribution in [2.24, 2.45) is 13.0 Å². The Labute approximate surface area is 185 Å². The topological polar surface area (TPSA) is 53.4 Å². The van der Waals surface area contributed by atoms with Crippen LogP contribution in [0.25, 0.3) is 11.0 Å². The summed E-state index contributed by atoms with van der Waals surface area (Å²) in [5.41, 5.74) is 3.60. The minimum atomic E-state index is -0.355. The Bertz CT molecular complexity index is 1020. The summed E-state index contributed by atoms with van der Waals surface area (Å²) in [7, 11) is 3.45. The van der Waals surface area contributed by atoms with Crippen LogP contribution in [0.5, 0.6) is 0 Å². The lowest BCUT2D eigenvalue weighted by Crippen LogP contribution is -2.19. The summed E-state index contributed by atoms with van der Waals surface area (Å²) in [5, 5.41) is 0. The molecule has 0 N–H and O–H groups in total. The fourth-order valence-electron chi connectivity index (χ4n) is 4.37. The number of carbonyl (C=O) groups excluding carboxylic acids is 1. The van der Waals surface area contributed by atoms with Crippen LogP contribution >= 0.6 is 15.9 Å². The van der Waals surface area contributed by atoms with Gasteiger partial charge in [0.25, 0.3) is 0 Å². The third-order valence-corrected chi connectivity index (χ3v) is 6.74. The lowest BCUT2D eigenvalue weighted by atomic mass is 9.82. The van der Waals surface area contributed by atoms with Crippen LogP contribution < -0.4 is 0 Å². The van der Waals surface area contributed by atoms with Gasteiger partial charge in [-0.3, -0.25) is 0 Å². The molecule has 1 heterocycles. The maximum atomic E-state index is 12.0. The van der Waals surface area contributed by atoms with E-state index in [2.05, 4.69) is 39.7 Å². The van der Waals surface area contributed by atoms with Crippen LogP contribution in [0.15, 0.2) is 46.9 Å². The molecular weight excluding hydrogens is 444 g/mol. The molecule has 0 amide bonds. The number of imidazole rings is 1. The van der Waals surface area contributed by atoms with E-state index in [0.717, 1.165) is 53.6 Å². The fourth-order valence-corrected chi connectivity index (χ4v) is 4.86. The van der Waals surface area contributed by atoms with Crippen LogP contribution in [-0.4, -0.2) is 29.2 Å². The van der Waals surface area contributed by atoms with Gasteiger partial charge in [-0.05, 0) is 65.2 Å². The second kappa shape index (κ2) is 9.31. The quantitative estimate of drug-likeness (QED) is 0.439. The molecule has 1 saturated carbocycles. The summed E-state index contributed by atoms with van der Waals surface area (Å²) in [6.07, 6.45) is 4.53. The van der Waals surface area contributed by atoms with E-state index in [9.17, 15) is 4.79 Å². The number of aryl methyl sites for hydroxylation is 1. The van der Waals surface area contributed by atoms with Gasteiger partial charge < -0.3 is 14.0 Å². The maximum Gasteiger partial charge on any atom is 0.339 e. The molecule has 0 unspecified atom stereocenters. The highest BCUT2D eigenvalue weighted by molar-refractivity contribution is 9.10. The Morgan fingerprint density at radius 1 is 1.17 bits per heavy atom. The summed E-state index contributed by atoms with van der Waals surface area (Å²) in [5.74, 6) is 1.79. The second-order valence-electron chi connectivity index (χ2n) is 8.06. The van der Waals surface area contributed by atoms with Gasteiger partial charge in [-0.1, -0.05) is 30.3 Å². The number of hydrogen-bond acceptors (Lipinski definition) is 4. The first-order valence-electron chi connectivity index (χ1n) is 10.4. The van der Waals surface area contributed by atoms with E-state index >= 15 is 0 Å². The van der Waals surface area contributed by atoms with Crippen molar-refractivity contribution in [1.82, 2.24) is 9.55 Å². The van der Waals surface area contributed by atoms with Crippen molar-refractivity contribution in [3.05, 3.63) is 63.9 Å². The molecule has 0 bridgehead atoms. The molecule has 6 heteroatoms. The Morgan fingerprint density at radius 2 is 1.90 bits per heavy atom. The highest BCUT2D eigenvalue weighted by atomic mass is 79.9. The van der Waals surface area contributed by atoms with E-state index < -0.39 is 0 Å². The van der Waals surface area contributed by atoms with Gasteiger partial charge in [0.15, 0.2) is 0 Å². The van der Waals surface area contributed by atoms with Crippen LogP contribution in [0.4, 0.5) is 0 Å². The molecule has 158 valence electrons. The molecule has 4 rings (SSSR count). The van der Waals surface area contributed by atoms with Crippen LogP contribution in [0, 0.1) is 5.92 Å². The zero-order valence-electron chi connectivity index (χ0n) is 17.4. The molecule has 0 atom stereocenters. The normalized spacial score (nSPS) is 19.2. The minimum Gasteiger partial charge on any atom is -0.465 e. The van der Waals surface area contributed by atoms with Crippen LogP contribution in [0.1, 0.15) is 53.3 Å². The van der Waals surface area contributed by atoms with E-state index in [1.165, 1.54) is 12.7 Å². The van der Waals surface area contributed by atoms with Gasteiger partial charge in [0, 0.05) is 24.0 Å². The minimum absolute atomic E-state index is 0.355. The van der Waals surface area contributed by atoms with E-state index in [-0.39, 0.29) is 5.97 Å². The van der Waals surface area contributed by atoms with Gasteiger partial charge in [0.2, 0.25) is 0 Å². The van der Waals surface area contributed by atoms with E-state index in [4.69, 9.17) is 14.5 Å². The van der Waals surface area contributed by atoms with Crippen molar-refractivity contribution >= 4 is 32.9 Å². The predicted octanol–water partition coefficient (Wildman–Crippen LogP) is 5.61. The van der Waals surface area contributed by atoms with Gasteiger partial charge in [-0.15, -0.1) is 0 Å². The summed E-state index contributed by atoms with van der Waals surface area (Å²) >= 11 is 3.49. The molecule has 1 aliphatic rings. The summed E-state index contributed by atoms with van der Waals surface area (Å²) in [6.45, 7) is 1.50. The van der Waals surface area contributed by atoms with Crippen molar-refractivity contribution in [3.63, 3.8) is 0 Å². The summed E-state index contributed by atoms with van der Waals surface area (Å²) < 4.78 is 13.7. The molecule has 2 aromatic carbocycles. The zero-order chi connectivity index (χ0) is 21.1. The molecular formula is C24H27BrN2O3. The van der Waals surface area contributed by atoms with Gasteiger partial charge in [-0.2, -0.15) is 0 Å². The first-order valence-corrected chi connectivity index (χ1v) is 11.2. The van der Waals surface area contributed by atoms with E-state index in [0.29, 0.717) is 24.0 Å². The fraction of sp³-hybridized carbons (Fsp3) is 0.417.